The molecule has 0 saturated heterocycles. The molecular formula is C18H17NO3S. The lowest BCUT2D eigenvalue weighted by Gasteiger charge is -2.42. The fourth-order valence-corrected chi connectivity index (χ4v) is 4.88. The van der Waals surface area contributed by atoms with Gasteiger partial charge in [-0.1, -0.05) is 6.07 Å². The van der Waals surface area contributed by atoms with Crippen molar-refractivity contribution in [2.24, 2.45) is 0 Å². The molecule has 3 heterocycles. The van der Waals surface area contributed by atoms with Crippen LogP contribution in [0.2, 0.25) is 0 Å². The Morgan fingerprint density at radius 3 is 3.00 bits per heavy atom. The van der Waals surface area contributed by atoms with E-state index in [0.717, 1.165) is 24.9 Å². The molecule has 2 aliphatic heterocycles. The van der Waals surface area contributed by atoms with Crippen molar-refractivity contribution < 1.29 is 14.6 Å². The first-order valence-corrected chi connectivity index (χ1v) is 8.45. The minimum absolute atomic E-state index is 0.0570. The Balaban J connectivity index is 1.92. The molecule has 4 nitrogen and oxygen atoms in total. The molecular weight excluding hydrogens is 310 g/mol. The topological polar surface area (TPSA) is 49.8 Å². The third kappa shape index (κ3) is 2.01. The van der Waals surface area contributed by atoms with Crippen molar-refractivity contribution in [3.63, 3.8) is 0 Å². The lowest BCUT2D eigenvalue weighted by molar-refractivity contribution is 0.269. The SMILES string of the molecule is COc1c(O)ccc2c1C(=C=O)N1CCc3sc(C)cc3[C@@H]1C2. The van der Waals surface area contributed by atoms with Crippen molar-refractivity contribution in [1.82, 2.24) is 4.90 Å². The average molecular weight is 327 g/mol. The summed E-state index contributed by atoms with van der Waals surface area (Å²) >= 11 is 1.85. The summed E-state index contributed by atoms with van der Waals surface area (Å²) in [6.45, 7) is 2.92. The molecule has 0 spiro atoms. The first kappa shape index (κ1) is 14.4. The zero-order valence-electron chi connectivity index (χ0n) is 13.0. The largest absolute Gasteiger partial charge is 0.504 e. The van der Waals surface area contributed by atoms with Crippen LogP contribution in [0.1, 0.15) is 32.5 Å². The quantitative estimate of drug-likeness (QED) is 0.818. The predicted octanol–water partition coefficient (Wildman–Crippen LogP) is 3.10. The standard InChI is InChI=1S/C18H17NO3S/c1-10-7-12-13-8-11-3-4-15(21)18(22-2)17(11)14(9-20)19(13)6-5-16(12)23-10/h3-4,7,13,21H,5-6,8H2,1-2H3/t13-/m0/s1. The van der Waals surface area contributed by atoms with Crippen LogP contribution in [0.15, 0.2) is 18.2 Å². The van der Waals surface area contributed by atoms with Gasteiger partial charge in [-0.2, -0.15) is 0 Å². The molecule has 1 N–H and O–H groups in total. The molecule has 1 atom stereocenters. The zero-order chi connectivity index (χ0) is 16.1. The van der Waals surface area contributed by atoms with Crippen LogP contribution in [0.25, 0.3) is 5.70 Å². The number of fused-ring (bicyclic) bond motifs is 4. The summed E-state index contributed by atoms with van der Waals surface area (Å²) in [4.78, 5) is 16.6. The number of rotatable bonds is 1. The molecule has 23 heavy (non-hydrogen) atoms. The van der Waals surface area contributed by atoms with E-state index >= 15 is 0 Å². The van der Waals surface area contributed by atoms with E-state index in [-0.39, 0.29) is 11.8 Å². The van der Waals surface area contributed by atoms with Crippen LogP contribution in [-0.2, 0) is 17.6 Å². The van der Waals surface area contributed by atoms with Crippen molar-refractivity contribution in [1.29, 1.82) is 0 Å². The molecule has 118 valence electrons. The zero-order valence-corrected chi connectivity index (χ0v) is 13.9. The molecule has 0 radical (unpaired) electrons. The van der Waals surface area contributed by atoms with E-state index in [9.17, 15) is 9.90 Å². The van der Waals surface area contributed by atoms with E-state index in [4.69, 9.17) is 4.74 Å². The van der Waals surface area contributed by atoms with Gasteiger partial charge in [0.25, 0.3) is 0 Å². The molecule has 0 aliphatic carbocycles. The lowest BCUT2D eigenvalue weighted by Crippen LogP contribution is -2.38. The van der Waals surface area contributed by atoms with E-state index in [1.165, 1.54) is 22.4 Å². The highest BCUT2D eigenvalue weighted by Crippen LogP contribution is 2.48. The fraction of sp³-hybridized carbons (Fsp3) is 0.333. The summed E-state index contributed by atoms with van der Waals surface area (Å²) in [5, 5.41) is 10.1. The summed E-state index contributed by atoms with van der Waals surface area (Å²) in [6, 6.07) is 5.93. The van der Waals surface area contributed by atoms with Crippen LogP contribution in [0.3, 0.4) is 0 Å². The molecule has 2 aromatic rings. The van der Waals surface area contributed by atoms with Crippen LogP contribution in [0, 0.1) is 6.92 Å². The number of aryl methyl sites for hydroxylation is 1. The van der Waals surface area contributed by atoms with Gasteiger partial charge in [0.15, 0.2) is 17.4 Å². The van der Waals surface area contributed by atoms with Gasteiger partial charge in [-0.3, -0.25) is 0 Å². The third-order valence-electron chi connectivity index (χ3n) is 4.74. The first-order chi connectivity index (χ1) is 11.1. The predicted molar refractivity (Wildman–Crippen MR) is 89.7 cm³/mol. The van der Waals surface area contributed by atoms with Crippen molar-refractivity contribution >= 4 is 23.0 Å². The Bertz CT molecular complexity index is 848. The van der Waals surface area contributed by atoms with Crippen LogP contribution in [0.4, 0.5) is 0 Å². The molecule has 1 aromatic heterocycles. The molecule has 1 aromatic carbocycles. The molecule has 4 rings (SSSR count). The normalized spacial score (nSPS) is 18.8. The molecule has 0 saturated carbocycles. The maximum atomic E-state index is 11.7. The Morgan fingerprint density at radius 1 is 1.43 bits per heavy atom. The number of aromatic hydroxyl groups is 1. The van der Waals surface area contributed by atoms with Crippen molar-refractivity contribution in [2.45, 2.75) is 25.8 Å². The number of hydrogen-bond acceptors (Lipinski definition) is 5. The van der Waals surface area contributed by atoms with E-state index in [2.05, 4.69) is 23.8 Å². The number of benzene rings is 1. The molecule has 0 unspecified atom stereocenters. The summed E-state index contributed by atoms with van der Waals surface area (Å²) in [5.74, 6) is 2.53. The highest BCUT2D eigenvalue weighted by atomic mass is 32.1. The molecule has 0 bridgehead atoms. The van der Waals surface area contributed by atoms with Crippen LogP contribution >= 0.6 is 11.3 Å². The summed E-state index contributed by atoms with van der Waals surface area (Å²) in [6.07, 6.45) is 1.74. The van der Waals surface area contributed by atoms with Gasteiger partial charge >= 0.3 is 0 Å². The van der Waals surface area contributed by atoms with Gasteiger partial charge in [0, 0.05) is 16.3 Å². The fourth-order valence-electron chi connectivity index (χ4n) is 3.80. The Morgan fingerprint density at radius 2 is 2.26 bits per heavy atom. The van der Waals surface area contributed by atoms with Gasteiger partial charge in [0.2, 0.25) is 0 Å². The van der Waals surface area contributed by atoms with E-state index in [1.54, 1.807) is 6.07 Å². The molecule has 0 amide bonds. The maximum Gasteiger partial charge on any atom is 0.170 e. The lowest BCUT2D eigenvalue weighted by atomic mass is 9.85. The third-order valence-corrected chi connectivity index (χ3v) is 5.87. The van der Waals surface area contributed by atoms with E-state index in [0.29, 0.717) is 17.0 Å². The Labute approximate surface area is 138 Å². The van der Waals surface area contributed by atoms with Crippen LogP contribution in [-0.4, -0.2) is 29.6 Å². The van der Waals surface area contributed by atoms with Gasteiger partial charge in [-0.25, -0.2) is 4.79 Å². The second kappa shape index (κ2) is 5.15. The summed E-state index contributed by atoms with van der Waals surface area (Å²) < 4.78 is 5.35. The second-order valence-electron chi connectivity index (χ2n) is 6.00. The minimum atomic E-state index is 0.0570. The molecule has 0 fully saturated rings. The first-order valence-electron chi connectivity index (χ1n) is 7.64. The average Bonchev–Trinajstić information content (AvgIpc) is 2.93. The summed E-state index contributed by atoms with van der Waals surface area (Å²) in [7, 11) is 1.51. The van der Waals surface area contributed by atoms with E-state index in [1.807, 2.05) is 17.4 Å². The van der Waals surface area contributed by atoms with Gasteiger partial charge in [0.05, 0.1) is 18.7 Å². The van der Waals surface area contributed by atoms with Crippen molar-refractivity contribution in [3.05, 3.63) is 44.6 Å². The van der Waals surface area contributed by atoms with Gasteiger partial charge in [-0.15, -0.1) is 11.3 Å². The highest BCUT2D eigenvalue weighted by molar-refractivity contribution is 7.12. The minimum Gasteiger partial charge on any atom is -0.504 e. The number of thiophene rings is 1. The number of nitrogens with zero attached hydrogens (tertiary/aromatic N) is 1. The number of hydrogen-bond donors (Lipinski definition) is 1. The van der Waals surface area contributed by atoms with E-state index < -0.39 is 0 Å². The number of carbonyl (C=O) groups excluding carboxylic acids is 1. The number of ether oxygens (including phenoxy) is 1. The maximum absolute atomic E-state index is 11.7. The van der Waals surface area contributed by atoms with Gasteiger partial charge < -0.3 is 14.7 Å². The smallest absolute Gasteiger partial charge is 0.170 e. The van der Waals surface area contributed by atoms with Crippen molar-refractivity contribution in [3.8, 4) is 11.5 Å². The highest BCUT2D eigenvalue weighted by Gasteiger charge is 2.38. The molecule has 2 aliphatic rings. The van der Waals surface area contributed by atoms with Crippen LogP contribution in [0.5, 0.6) is 11.5 Å². The van der Waals surface area contributed by atoms with Gasteiger partial charge in [0.1, 0.15) is 5.70 Å². The number of phenolic OH excluding ortho intramolecular Hbond substituents is 1. The van der Waals surface area contributed by atoms with Crippen molar-refractivity contribution in [2.75, 3.05) is 13.7 Å². The summed E-state index contributed by atoms with van der Waals surface area (Å²) in [5.41, 5.74) is 3.53. The van der Waals surface area contributed by atoms with Crippen LogP contribution < -0.4 is 4.74 Å². The molecule has 5 heteroatoms. The Kier molecular flexibility index (Phi) is 3.22. The second-order valence-corrected chi connectivity index (χ2v) is 7.34. The number of phenols is 1. The Hall–Kier alpha value is -2.23. The number of methoxy groups -OCH3 is 1. The monoisotopic (exact) mass is 327 g/mol. The van der Waals surface area contributed by atoms with Gasteiger partial charge in [-0.05, 0) is 43.0 Å².